The van der Waals surface area contributed by atoms with E-state index in [1.54, 1.807) is 23.1 Å². The number of imidazole rings is 1. The van der Waals surface area contributed by atoms with Gasteiger partial charge in [0, 0.05) is 31.2 Å². The Kier molecular flexibility index (Phi) is 6.48. The SMILES string of the molecule is CCN(C)C(=O)C1CCC(NS(=O)(=O)c2ccc3[nH]c(Nc4ccccc4)nc3c2)CC1. The highest BCUT2D eigenvalue weighted by Crippen LogP contribution is 2.27. The highest BCUT2D eigenvalue weighted by molar-refractivity contribution is 7.89. The van der Waals surface area contributed by atoms with E-state index in [2.05, 4.69) is 20.0 Å². The van der Waals surface area contributed by atoms with Crippen LogP contribution in [0.2, 0.25) is 0 Å². The summed E-state index contributed by atoms with van der Waals surface area (Å²) in [7, 11) is -1.87. The summed E-state index contributed by atoms with van der Waals surface area (Å²) >= 11 is 0. The minimum atomic E-state index is -3.68. The Morgan fingerprint density at radius 1 is 1.12 bits per heavy atom. The number of amides is 1. The number of nitrogens with zero attached hydrogens (tertiary/aromatic N) is 2. The Bertz CT molecular complexity index is 1180. The van der Waals surface area contributed by atoms with Crippen molar-refractivity contribution in [3.8, 4) is 0 Å². The van der Waals surface area contributed by atoms with Crippen molar-refractivity contribution in [3.05, 3.63) is 48.5 Å². The van der Waals surface area contributed by atoms with E-state index in [9.17, 15) is 13.2 Å². The lowest BCUT2D eigenvalue weighted by Crippen LogP contribution is -2.41. The molecule has 0 bridgehead atoms. The molecule has 0 radical (unpaired) electrons. The number of para-hydroxylation sites is 1. The summed E-state index contributed by atoms with van der Waals surface area (Å²) in [4.78, 5) is 21.9. The first kappa shape index (κ1) is 22.3. The number of nitrogens with one attached hydrogen (secondary N) is 3. The van der Waals surface area contributed by atoms with Gasteiger partial charge in [0.05, 0.1) is 15.9 Å². The van der Waals surface area contributed by atoms with Gasteiger partial charge in [-0.1, -0.05) is 18.2 Å². The van der Waals surface area contributed by atoms with Crippen LogP contribution < -0.4 is 10.0 Å². The molecule has 1 fully saturated rings. The molecular weight excluding hydrogens is 426 g/mol. The summed E-state index contributed by atoms with van der Waals surface area (Å²) in [6, 6.07) is 14.4. The summed E-state index contributed by atoms with van der Waals surface area (Å²) < 4.78 is 28.8. The molecule has 0 unspecified atom stereocenters. The molecule has 2 aromatic carbocycles. The fraction of sp³-hybridized carbons (Fsp3) is 0.391. The van der Waals surface area contributed by atoms with Gasteiger partial charge in [-0.2, -0.15) is 0 Å². The average molecular weight is 456 g/mol. The van der Waals surface area contributed by atoms with Gasteiger partial charge in [-0.15, -0.1) is 0 Å². The largest absolute Gasteiger partial charge is 0.346 e. The van der Waals surface area contributed by atoms with Crippen molar-refractivity contribution in [1.29, 1.82) is 0 Å². The third kappa shape index (κ3) is 4.94. The van der Waals surface area contributed by atoms with Crippen molar-refractivity contribution >= 4 is 38.6 Å². The van der Waals surface area contributed by atoms with Crippen LogP contribution >= 0.6 is 0 Å². The van der Waals surface area contributed by atoms with Crippen molar-refractivity contribution in [3.63, 3.8) is 0 Å². The molecule has 3 aromatic rings. The molecule has 0 spiro atoms. The van der Waals surface area contributed by atoms with Crippen molar-refractivity contribution in [2.24, 2.45) is 5.92 Å². The molecule has 8 nitrogen and oxygen atoms in total. The lowest BCUT2D eigenvalue weighted by Gasteiger charge is -2.30. The average Bonchev–Trinajstić information content (AvgIpc) is 3.20. The van der Waals surface area contributed by atoms with Crippen molar-refractivity contribution in [2.45, 2.75) is 43.5 Å². The van der Waals surface area contributed by atoms with E-state index in [0.717, 1.165) is 11.2 Å². The quantitative estimate of drug-likeness (QED) is 0.504. The first-order valence-electron chi connectivity index (χ1n) is 10.9. The minimum Gasteiger partial charge on any atom is -0.346 e. The Morgan fingerprint density at radius 2 is 1.84 bits per heavy atom. The van der Waals surface area contributed by atoms with Crippen LogP contribution in [0.25, 0.3) is 11.0 Å². The highest BCUT2D eigenvalue weighted by Gasteiger charge is 2.30. The zero-order chi connectivity index (χ0) is 22.7. The van der Waals surface area contributed by atoms with Gasteiger partial charge in [-0.3, -0.25) is 4.79 Å². The maximum atomic E-state index is 13.0. The van der Waals surface area contributed by atoms with E-state index in [1.807, 2.05) is 44.3 Å². The predicted molar refractivity (Wildman–Crippen MR) is 125 cm³/mol. The number of sulfonamides is 1. The third-order valence-corrected chi connectivity index (χ3v) is 7.57. The lowest BCUT2D eigenvalue weighted by atomic mass is 9.85. The fourth-order valence-corrected chi connectivity index (χ4v) is 5.41. The molecule has 0 saturated heterocycles. The van der Waals surface area contributed by atoms with E-state index in [-0.39, 0.29) is 22.8 Å². The summed E-state index contributed by atoms with van der Waals surface area (Å²) in [5.74, 6) is 0.683. The first-order chi connectivity index (χ1) is 15.4. The molecule has 32 heavy (non-hydrogen) atoms. The van der Waals surface area contributed by atoms with Crippen LogP contribution in [0.4, 0.5) is 11.6 Å². The van der Waals surface area contributed by atoms with Crippen molar-refractivity contribution < 1.29 is 13.2 Å². The standard InChI is InChI=1S/C23H29N5O3S/c1-3-28(2)22(29)16-9-11-18(12-10-16)27-32(30,31)19-13-14-20-21(15-19)26-23(25-20)24-17-7-5-4-6-8-17/h4-8,13-16,18,27H,3,9-12H2,1-2H3,(H2,24,25,26). The number of aromatic nitrogens is 2. The van der Waals surface area contributed by atoms with E-state index >= 15 is 0 Å². The molecule has 9 heteroatoms. The molecule has 1 amide bonds. The van der Waals surface area contributed by atoms with Gasteiger partial charge < -0.3 is 15.2 Å². The number of H-pyrrole nitrogens is 1. The second-order valence-electron chi connectivity index (χ2n) is 8.28. The zero-order valence-electron chi connectivity index (χ0n) is 18.3. The fourth-order valence-electron chi connectivity index (χ4n) is 4.08. The normalized spacial score (nSPS) is 19.1. The van der Waals surface area contributed by atoms with Crippen LogP contribution in [0.15, 0.2) is 53.4 Å². The number of fused-ring (bicyclic) bond motifs is 1. The van der Waals surface area contributed by atoms with Gasteiger partial charge in [0.1, 0.15) is 0 Å². The summed E-state index contributed by atoms with van der Waals surface area (Å²) in [6.07, 6.45) is 2.71. The zero-order valence-corrected chi connectivity index (χ0v) is 19.2. The van der Waals surface area contributed by atoms with Crippen LogP contribution in [0, 0.1) is 5.92 Å². The van der Waals surface area contributed by atoms with Gasteiger partial charge in [0.25, 0.3) is 0 Å². The molecule has 170 valence electrons. The van der Waals surface area contributed by atoms with Crippen LogP contribution in [0.5, 0.6) is 0 Å². The maximum absolute atomic E-state index is 13.0. The molecule has 1 heterocycles. The third-order valence-electron chi connectivity index (χ3n) is 6.05. The number of hydrogen-bond donors (Lipinski definition) is 3. The first-order valence-corrected chi connectivity index (χ1v) is 12.4. The predicted octanol–water partition coefficient (Wildman–Crippen LogP) is 3.62. The van der Waals surface area contributed by atoms with E-state index in [4.69, 9.17) is 0 Å². The molecule has 0 aliphatic heterocycles. The van der Waals surface area contributed by atoms with Gasteiger partial charge in [0.2, 0.25) is 21.9 Å². The number of carbonyl (C=O) groups is 1. The molecule has 1 saturated carbocycles. The van der Waals surface area contributed by atoms with Crippen LogP contribution in [0.3, 0.4) is 0 Å². The monoisotopic (exact) mass is 455 g/mol. The lowest BCUT2D eigenvalue weighted by molar-refractivity contribution is -0.135. The van der Waals surface area contributed by atoms with Gasteiger partial charge >= 0.3 is 0 Å². The van der Waals surface area contributed by atoms with Crippen LogP contribution in [-0.4, -0.2) is 48.8 Å². The number of benzene rings is 2. The van der Waals surface area contributed by atoms with Crippen molar-refractivity contribution in [2.75, 3.05) is 18.9 Å². The summed E-state index contributed by atoms with van der Waals surface area (Å²) in [5, 5.41) is 3.18. The molecular formula is C23H29N5O3S. The van der Waals surface area contributed by atoms with E-state index in [1.165, 1.54) is 0 Å². The molecule has 0 atom stereocenters. The number of carbonyl (C=O) groups excluding carboxylic acids is 1. The summed E-state index contributed by atoms with van der Waals surface area (Å²) in [5.41, 5.74) is 2.21. The van der Waals surface area contributed by atoms with E-state index in [0.29, 0.717) is 43.7 Å². The maximum Gasteiger partial charge on any atom is 0.240 e. The van der Waals surface area contributed by atoms with E-state index < -0.39 is 10.0 Å². The smallest absolute Gasteiger partial charge is 0.240 e. The topological polar surface area (TPSA) is 107 Å². The van der Waals surface area contributed by atoms with Gasteiger partial charge in [-0.25, -0.2) is 18.1 Å². The second kappa shape index (κ2) is 9.30. The van der Waals surface area contributed by atoms with Crippen LogP contribution in [0.1, 0.15) is 32.6 Å². The van der Waals surface area contributed by atoms with Gasteiger partial charge in [-0.05, 0) is 62.9 Å². The number of anilines is 2. The molecule has 1 aliphatic carbocycles. The minimum absolute atomic E-state index is 0.0170. The Labute approximate surface area is 188 Å². The molecule has 3 N–H and O–H groups in total. The Hall–Kier alpha value is -2.91. The van der Waals surface area contributed by atoms with Crippen molar-refractivity contribution in [1.82, 2.24) is 19.6 Å². The molecule has 4 rings (SSSR count). The molecule has 1 aromatic heterocycles. The Balaban J connectivity index is 1.42. The van der Waals surface area contributed by atoms with Crippen LogP contribution in [-0.2, 0) is 14.8 Å². The number of aromatic amines is 1. The summed E-state index contributed by atoms with van der Waals surface area (Å²) in [6.45, 7) is 2.64. The second-order valence-corrected chi connectivity index (χ2v) is 9.99. The Morgan fingerprint density at radius 3 is 2.53 bits per heavy atom. The molecule has 1 aliphatic rings. The van der Waals surface area contributed by atoms with Gasteiger partial charge in [0.15, 0.2) is 0 Å². The number of rotatable bonds is 7. The highest BCUT2D eigenvalue weighted by atomic mass is 32.2. The number of hydrogen-bond acceptors (Lipinski definition) is 5.